The number of carbonyl (C=O) groups excluding carboxylic acids is 2. The Morgan fingerprint density at radius 3 is 1.92 bits per heavy atom. The van der Waals surface area contributed by atoms with Crippen molar-refractivity contribution in [3.05, 3.63) is 95.6 Å². The van der Waals surface area contributed by atoms with Gasteiger partial charge in [0.1, 0.15) is 0 Å². The normalized spacial score (nSPS) is 13.2. The van der Waals surface area contributed by atoms with Gasteiger partial charge in [-0.1, -0.05) is 54.6 Å². The highest BCUT2D eigenvalue weighted by Gasteiger charge is 2.37. The topological polar surface area (TPSA) is 37.4 Å². The van der Waals surface area contributed by atoms with Crippen molar-refractivity contribution >= 4 is 29.3 Å². The number of para-hydroxylation sites is 1. The van der Waals surface area contributed by atoms with Gasteiger partial charge < -0.3 is 0 Å². The predicted octanol–water partition coefficient (Wildman–Crippen LogP) is 4.78. The van der Waals surface area contributed by atoms with E-state index in [9.17, 15) is 9.59 Å². The minimum absolute atomic E-state index is 0.256. The molecule has 0 radical (unpaired) electrons. The molecule has 1 aliphatic rings. The summed E-state index contributed by atoms with van der Waals surface area (Å²) in [6.07, 6.45) is 0. The lowest BCUT2D eigenvalue weighted by Crippen LogP contribution is -2.29. The van der Waals surface area contributed by atoms with E-state index in [1.165, 1.54) is 10.5 Å². The summed E-state index contributed by atoms with van der Waals surface area (Å²) in [4.78, 5) is 27.7. The monoisotopic (exact) mass is 345 g/mol. The van der Waals surface area contributed by atoms with E-state index in [0.29, 0.717) is 16.8 Å². The number of thioether (sulfide) groups is 1. The maximum atomic E-state index is 12.7. The van der Waals surface area contributed by atoms with Crippen LogP contribution in [0.2, 0.25) is 0 Å². The Hall–Kier alpha value is -2.85. The molecule has 25 heavy (non-hydrogen) atoms. The Morgan fingerprint density at radius 2 is 1.24 bits per heavy atom. The number of benzene rings is 3. The number of rotatable bonds is 4. The van der Waals surface area contributed by atoms with Crippen LogP contribution in [0.3, 0.4) is 0 Å². The molecule has 1 aliphatic heterocycles. The third-order valence-corrected chi connectivity index (χ3v) is 5.27. The number of hydrogen-bond acceptors (Lipinski definition) is 3. The van der Waals surface area contributed by atoms with E-state index in [1.54, 1.807) is 36.0 Å². The lowest BCUT2D eigenvalue weighted by Gasteiger charge is -2.17. The number of hydrogen-bond donors (Lipinski definition) is 0. The molecule has 0 aromatic heterocycles. The Morgan fingerprint density at radius 1 is 0.680 bits per heavy atom. The fraction of sp³-hybridized carbons (Fsp3) is 0.0476. The summed E-state index contributed by atoms with van der Waals surface area (Å²) in [5.74, 6) is 0.266. The van der Waals surface area contributed by atoms with E-state index in [1.807, 2.05) is 42.5 Å². The molecule has 0 spiro atoms. The summed E-state index contributed by atoms with van der Waals surface area (Å²) in [6, 6.07) is 24.7. The van der Waals surface area contributed by atoms with Crippen molar-refractivity contribution in [3.63, 3.8) is 0 Å². The van der Waals surface area contributed by atoms with Crippen LogP contribution in [0.1, 0.15) is 26.3 Å². The van der Waals surface area contributed by atoms with Gasteiger partial charge in [0.15, 0.2) is 0 Å². The molecule has 0 N–H and O–H groups in total. The number of nitrogens with zero attached hydrogens (tertiary/aromatic N) is 1. The van der Waals surface area contributed by atoms with E-state index in [0.717, 1.165) is 10.6 Å². The van der Waals surface area contributed by atoms with Crippen LogP contribution in [0.4, 0.5) is 5.69 Å². The SMILES string of the molecule is O=C1c2ccccc2C(=O)N1c1ccccc1SCc1ccccc1. The summed E-state index contributed by atoms with van der Waals surface area (Å²) in [6.45, 7) is 0. The Bertz CT molecular complexity index is 918. The molecule has 4 rings (SSSR count). The van der Waals surface area contributed by atoms with Gasteiger partial charge in [0.2, 0.25) is 0 Å². The summed E-state index contributed by atoms with van der Waals surface area (Å²) in [5.41, 5.74) is 2.78. The molecule has 2 amide bonds. The highest BCUT2D eigenvalue weighted by Crippen LogP contribution is 2.36. The van der Waals surface area contributed by atoms with E-state index >= 15 is 0 Å². The minimum atomic E-state index is -0.256. The van der Waals surface area contributed by atoms with Gasteiger partial charge in [0.25, 0.3) is 11.8 Å². The third kappa shape index (κ3) is 2.85. The maximum Gasteiger partial charge on any atom is 0.266 e. The molecule has 0 saturated carbocycles. The van der Waals surface area contributed by atoms with Gasteiger partial charge in [-0.2, -0.15) is 0 Å². The van der Waals surface area contributed by atoms with Crippen LogP contribution in [0.25, 0.3) is 0 Å². The first-order chi connectivity index (χ1) is 12.3. The molecule has 4 heteroatoms. The molecular formula is C21H15NO2S. The van der Waals surface area contributed by atoms with Gasteiger partial charge in [0, 0.05) is 10.6 Å². The zero-order valence-electron chi connectivity index (χ0n) is 13.4. The summed E-state index contributed by atoms with van der Waals surface area (Å²) in [7, 11) is 0. The van der Waals surface area contributed by atoms with Crippen LogP contribution in [0.5, 0.6) is 0 Å². The molecule has 0 saturated heterocycles. The largest absolute Gasteiger partial charge is 0.268 e. The van der Waals surface area contributed by atoms with E-state index in [2.05, 4.69) is 12.1 Å². The standard InChI is InChI=1S/C21H15NO2S/c23-20-16-10-4-5-11-17(16)21(24)22(20)18-12-6-7-13-19(18)25-14-15-8-2-1-3-9-15/h1-13H,14H2. The Balaban J connectivity index is 1.66. The van der Waals surface area contributed by atoms with Crippen molar-refractivity contribution in [2.24, 2.45) is 0 Å². The highest BCUT2D eigenvalue weighted by atomic mass is 32.2. The number of anilines is 1. The number of imide groups is 1. The van der Waals surface area contributed by atoms with Crippen molar-refractivity contribution in [2.75, 3.05) is 4.90 Å². The maximum absolute atomic E-state index is 12.7. The molecule has 3 aromatic carbocycles. The molecule has 3 nitrogen and oxygen atoms in total. The van der Waals surface area contributed by atoms with Crippen molar-refractivity contribution in [2.45, 2.75) is 10.6 Å². The molecule has 0 fully saturated rings. The Kier molecular flexibility index (Phi) is 4.12. The predicted molar refractivity (Wildman–Crippen MR) is 100 cm³/mol. The first-order valence-corrected chi connectivity index (χ1v) is 8.98. The number of amides is 2. The molecule has 0 aliphatic carbocycles. The van der Waals surface area contributed by atoms with Gasteiger partial charge in [-0.05, 0) is 29.8 Å². The van der Waals surface area contributed by atoms with E-state index in [-0.39, 0.29) is 11.8 Å². The first-order valence-electron chi connectivity index (χ1n) is 7.99. The van der Waals surface area contributed by atoms with Crippen molar-refractivity contribution in [1.82, 2.24) is 0 Å². The van der Waals surface area contributed by atoms with Crippen LogP contribution < -0.4 is 4.90 Å². The van der Waals surface area contributed by atoms with Gasteiger partial charge in [0.05, 0.1) is 16.8 Å². The van der Waals surface area contributed by atoms with Gasteiger partial charge in [-0.3, -0.25) is 9.59 Å². The summed E-state index contributed by atoms with van der Waals surface area (Å²) in [5, 5.41) is 0. The van der Waals surface area contributed by atoms with Crippen LogP contribution in [0, 0.1) is 0 Å². The lowest BCUT2D eigenvalue weighted by atomic mass is 10.1. The average Bonchev–Trinajstić information content (AvgIpc) is 2.92. The summed E-state index contributed by atoms with van der Waals surface area (Å²) < 4.78 is 0. The second-order valence-corrected chi connectivity index (χ2v) is 6.75. The minimum Gasteiger partial charge on any atom is -0.268 e. The van der Waals surface area contributed by atoms with Crippen molar-refractivity contribution in [3.8, 4) is 0 Å². The zero-order chi connectivity index (χ0) is 17.2. The third-order valence-electron chi connectivity index (χ3n) is 4.14. The van der Waals surface area contributed by atoms with Crippen LogP contribution in [-0.4, -0.2) is 11.8 Å². The van der Waals surface area contributed by atoms with Crippen LogP contribution in [-0.2, 0) is 5.75 Å². The number of fused-ring (bicyclic) bond motifs is 1. The molecule has 0 bridgehead atoms. The molecule has 0 atom stereocenters. The molecule has 0 unspecified atom stereocenters. The van der Waals surface area contributed by atoms with Crippen LogP contribution in [0.15, 0.2) is 83.8 Å². The molecule has 122 valence electrons. The highest BCUT2D eigenvalue weighted by molar-refractivity contribution is 7.98. The fourth-order valence-corrected chi connectivity index (χ4v) is 3.90. The van der Waals surface area contributed by atoms with Crippen molar-refractivity contribution < 1.29 is 9.59 Å². The van der Waals surface area contributed by atoms with Gasteiger partial charge in [-0.25, -0.2) is 4.90 Å². The second kappa shape index (κ2) is 6.57. The fourth-order valence-electron chi connectivity index (χ4n) is 2.91. The van der Waals surface area contributed by atoms with Gasteiger partial charge in [-0.15, -0.1) is 11.8 Å². The molecular weight excluding hydrogens is 330 g/mol. The van der Waals surface area contributed by atoms with E-state index in [4.69, 9.17) is 0 Å². The lowest BCUT2D eigenvalue weighted by molar-refractivity contribution is 0.0925. The van der Waals surface area contributed by atoms with Gasteiger partial charge >= 0.3 is 0 Å². The quantitative estimate of drug-likeness (QED) is 0.504. The zero-order valence-corrected chi connectivity index (χ0v) is 14.2. The first kappa shape index (κ1) is 15.7. The molecule has 3 aromatic rings. The second-order valence-electron chi connectivity index (χ2n) is 5.73. The van der Waals surface area contributed by atoms with E-state index < -0.39 is 0 Å². The molecule has 1 heterocycles. The summed E-state index contributed by atoms with van der Waals surface area (Å²) >= 11 is 1.62. The average molecular weight is 345 g/mol. The van der Waals surface area contributed by atoms with Crippen LogP contribution >= 0.6 is 11.8 Å². The number of carbonyl (C=O) groups is 2. The smallest absolute Gasteiger partial charge is 0.266 e. The van der Waals surface area contributed by atoms with Crippen molar-refractivity contribution in [1.29, 1.82) is 0 Å². The Labute approximate surface area is 150 Å².